The zero-order valence-electron chi connectivity index (χ0n) is 17.8. The number of halogens is 1. The Labute approximate surface area is 198 Å². The number of rotatable bonds is 3. The van der Waals surface area contributed by atoms with E-state index in [1.807, 2.05) is 18.2 Å². The molecule has 0 saturated carbocycles. The topological polar surface area (TPSA) is 84.3 Å². The molecule has 2 aromatic heterocycles. The van der Waals surface area contributed by atoms with E-state index in [0.29, 0.717) is 26.6 Å². The number of fused-ring (bicyclic) bond motifs is 2. The molecule has 33 heavy (non-hydrogen) atoms. The summed E-state index contributed by atoms with van der Waals surface area (Å²) in [7, 11) is 0. The Morgan fingerprint density at radius 1 is 1.12 bits per heavy atom. The van der Waals surface area contributed by atoms with Crippen molar-refractivity contribution < 1.29 is 9.59 Å². The van der Waals surface area contributed by atoms with Crippen LogP contribution in [0.5, 0.6) is 0 Å². The summed E-state index contributed by atoms with van der Waals surface area (Å²) in [6, 6.07) is 16.3. The molecule has 1 N–H and O–H groups in total. The molecule has 0 fully saturated rings. The fourth-order valence-corrected chi connectivity index (χ4v) is 5.12. The number of para-hydroxylation sites is 2. The largest absolute Gasteiger partial charge is 0.322 e. The van der Waals surface area contributed by atoms with Gasteiger partial charge in [-0.3, -0.25) is 23.9 Å². The summed E-state index contributed by atoms with van der Waals surface area (Å²) in [5.41, 5.74) is 1.24. The molecule has 0 bridgehead atoms. The summed E-state index contributed by atoms with van der Waals surface area (Å²) in [4.78, 5) is 46.0. The number of thiophene rings is 1. The van der Waals surface area contributed by atoms with Crippen LogP contribution in [0.3, 0.4) is 0 Å². The second-order valence-electron chi connectivity index (χ2n) is 8.27. The standard InChI is InChI=1S/C24H19ClN4O3S/c1-24(2)23(32)27-16-5-3-4-6-18(16)29(24)20(30)12-28-13-26-17-11-19(33-21(17)22(28)31)14-7-9-15(25)10-8-14/h3-11,13H,12H2,1-2H3,(H,27,32). The highest BCUT2D eigenvalue weighted by Crippen LogP contribution is 2.37. The van der Waals surface area contributed by atoms with Gasteiger partial charge in [0.1, 0.15) is 16.8 Å². The van der Waals surface area contributed by atoms with Crippen molar-refractivity contribution in [2.24, 2.45) is 0 Å². The number of aromatic nitrogens is 2. The predicted molar refractivity (Wildman–Crippen MR) is 131 cm³/mol. The van der Waals surface area contributed by atoms with Crippen LogP contribution < -0.4 is 15.8 Å². The van der Waals surface area contributed by atoms with Gasteiger partial charge < -0.3 is 5.32 Å². The third-order valence-electron chi connectivity index (χ3n) is 5.70. The molecule has 2 aromatic carbocycles. The Kier molecular flexibility index (Phi) is 5.07. The van der Waals surface area contributed by atoms with Crippen molar-refractivity contribution in [2.75, 3.05) is 10.2 Å². The molecule has 0 spiro atoms. The third-order valence-corrected chi connectivity index (χ3v) is 7.11. The molecule has 0 atom stereocenters. The van der Waals surface area contributed by atoms with E-state index in [-0.39, 0.29) is 23.9 Å². The van der Waals surface area contributed by atoms with Gasteiger partial charge in [-0.1, -0.05) is 35.9 Å². The van der Waals surface area contributed by atoms with Gasteiger partial charge in [0.05, 0.1) is 23.2 Å². The average molecular weight is 479 g/mol. The van der Waals surface area contributed by atoms with Crippen LogP contribution in [0.4, 0.5) is 11.4 Å². The van der Waals surface area contributed by atoms with Gasteiger partial charge in [-0.2, -0.15) is 0 Å². The van der Waals surface area contributed by atoms with Crippen molar-refractivity contribution in [3.63, 3.8) is 0 Å². The van der Waals surface area contributed by atoms with E-state index in [1.54, 1.807) is 50.2 Å². The molecule has 0 saturated heterocycles. The Morgan fingerprint density at radius 2 is 1.85 bits per heavy atom. The molecule has 1 aliphatic rings. The first-order valence-corrected chi connectivity index (χ1v) is 11.4. The van der Waals surface area contributed by atoms with Gasteiger partial charge in [-0.05, 0) is 49.7 Å². The summed E-state index contributed by atoms with van der Waals surface area (Å²) >= 11 is 7.29. The van der Waals surface area contributed by atoms with Crippen LogP contribution in [0.15, 0.2) is 65.7 Å². The smallest absolute Gasteiger partial charge is 0.271 e. The Hall–Kier alpha value is -3.49. The summed E-state index contributed by atoms with van der Waals surface area (Å²) in [6.07, 6.45) is 1.38. The van der Waals surface area contributed by atoms with Crippen molar-refractivity contribution >= 4 is 56.3 Å². The average Bonchev–Trinajstić information content (AvgIpc) is 3.22. The number of hydrogen-bond acceptors (Lipinski definition) is 5. The number of carbonyl (C=O) groups excluding carboxylic acids is 2. The van der Waals surface area contributed by atoms with Gasteiger partial charge >= 0.3 is 0 Å². The predicted octanol–water partition coefficient (Wildman–Crippen LogP) is 4.54. The molecule has 9 heteroatoms. The molecule has 0 radical (unpaired) electrons. The first kappa shape index (κ1) is 21.4. The fourth-order valence-electron chi connectivity index (χ4n) is 3.93. The van der Waals surface area contributed by atoms with Gasteiger partial charge in [-0.25, -0.2) is 4.98 Å². The Bertz CT molecular complexity index is 1470. The second-order valence-corrected chi connectivity index (χ2v) is 9.76. The molecular weight excluding hydrogens is 460 g/mol. The zero-order chi connectivity index (χ0) is 23.3. The fraction of sp³-hybridized carbons (Fsp3) is 0.167. The Morgan fingerprint density at radius 3 is 2.61 bits per heavy atom. The van der Waals surface area contributed by atoms with Gasteiger partial charge in [0, 0.05) is 9.90 Å². The lowest BCUT2D eigenvalue weighted by Crippen LogP contribution is -2.59. The van der Waals surface area contributed by atoms with E-state index in [0.717, 1.165) is 10.4 Å². The van der Waals surface area contributed by atoms with Crippen LogP contribution in [-0.2, 0) is 16.1 Å². The number of anilines is 2. The van der Waals surface area contributed by atoms with Crippen molar-refractivity contribution in [1.29, 1.82) is 0 Å². The number of carbonyl (C=O) groups is 2. The van der Waals surface area contributed by atoms with E-state index in [9.17, 15) is 14.4 Å². The normalized spacial score (nSPS) is 14.8. The molecule has 0 unspecified atom stereocenters. The number of nitrogens with zero attached hydrogens (tertiary/aromatic N) is 3. The minimum atomic E-state index is -1.11. The van der Waals surface area contributed by atoms with Gasteiger partial charge in [-0.15, -0.1) is 11.3 Å². The van der Waals surface area contributed by atoms with Gasteiger partial charge in [0.25, 0.3) is 5.56 Å². The number of amides is 2. The lowest BCUT2D eigenvalue weighted by atomic mass is 9.96. The van der Waals surface area contributed by atoms with E-state index in [2.05, 4.69) is 10.3 Å². The van der Waals surface area contributed by atoms with Crippen LogP contribution >= 0.6 is 22.9 Å². The summed E-state index contributed by atoms with van der Waals surface area (Å²) < 4.78 is 1.75. The van der Waals surface area contributed by atoms with Crippen molar-refractivity contribution in [1.82, 2.24) is 9.55 Å². The van der Waals surface area contributed by atoms with E-state index in [1.165, 1.54) is 27.1 Å². The number of hydrogen-bond donors (Lipinski definition) is 1. The van der Waals surface area contributed by atoms with Crippen LogP contribution in [0.2, 0.25) is 5.02 Å². The lowest BCUT2D eigenvalue weighted by molar-refractivity contribution is -0.126. The maximum Gasteiger partial charge on any atom is 0.271 e. The summed E-state index contributed by atoms with van der Waals surface area (Å²) in [5.74, 6) is -0.665. The maximum atomic E-state index is 13.4. The van der Waals surface area contributed by atoms with Crippen LogP contribution in [0, 0.1) is 0 Å². The first-order valence-electron chi connectivity index (χ1n) is 10.2. The molecule has 0 aliphatic carbocycles. The molecule has 2 amide bonds. The van der Waals surface area contributed by atoms with Crippen molar-refractivity contribution in [3.8, 4) is 10.4 Å². The van der Waals surface area contributed by atoms with Crippen LogP contribution in [0.25, 0.3) is 20.7 Å². The van der Waals surface area contributed by atoms with Crippen molar-refractivity contribution in [2.45, 2.75) is 25.9 Å². The molecule has 3 heterocycles. The SMILES string of the molecule is CC1(C)C(=O)Nc2ccccc2N1C(=O)Cn1cnc2cc(-c3ccc(Cl)cc3)sc2c1=O. The highest BCUT2D eigenvalue weighted by Gasteiger charge is 2.43. The first-order chi connectivity index (χ1) is 15.8. The molecule has 166 valence electrons. The van der Waals surface area contributed by atoms with Crippen LogP contribution in [-0.4, -0.2) is 26.9 Å². The second kappa shape index (κ2) is 7.83. The zero-order valence-corrected chi connectivity index (χ0v) is 19.4. The molecule has 7 nitrogen and oxygen atoms in total. The van der Waals surface area contributed by atoms with Crippen LogP contribution in [0.1, 0.15) is 13.8 Å². The molecule has 4 aromatic rings. The summed E-state index contributed by atoms with van der Waals surface area (Å²) in [5, 5.41) is 3.47. The molecule has 5 rings (SSSR count). The highest BCUT2D eigenvalue weighted by atomic mass is 35.5. The molecular formula is C24H19ClN4O3S. The number of benzene rings is 2. The van der Waals surface area contributed by atoms with Gasteiger partial charge in [0.2, 0.25) is 11.8 Å². The van der Waals surface area contributed by atoms with Gasteiger partial charge in [0.15, 0.2) is 0 Å². The quantitative estimate of drug-likeness (QED) is 0.468. The monoisotopic (exact) mass is 478 g/mol. The number of nitrogens with one attached hydrogen (secondary N) is 1. The van der Waals surface area contributed by atoms with E-state index >= 15 is 0 Å². The van der Waals surface area contributed by atoms with E-state index in [4.69, 9.17) is 11.6 Å². The van der Waals surface area contributed by atoms with Crippen molar-refractivity contribution in [3.05, 3.63) is 76.3 Å². The Balaban J connectivity index is 1.51. The lowest BCUT2D eigenvalue weighted by Gasteiger charge is -2.42. The minimum absolute atomic E-state index is 0.235. The maximum absolute atomic E-state index is 13.4. The van der Waals surface area contributed by atoms with E-state index < -0.39 is 5.54 Å². The third kappa shape index (κ3) is 3.61. The summed E-state index contributed by atoms with van der Waals surface area (Å²) in [6.45, 7) is 3.12. The minimum Gasteiger partial charge on any atom is -0.322 e. The highest BCUT2D eigenvalue weighted by molar-refractivity contribution is 7.22. The molecule has 1 aliphatic heterocycles.